The lowest BCUT2D eigenvalue weighted by atomic mass is 10.1. The first-order valence-corrected chi connectivity index (χ1v) is 9.12. The molecule has 0 bridgehead atoms. The van der Waals surface area contributed by atoms with E-state index in [9.17, 15) is 0 Å². The Labute approximate surface area is 173 Å². The summed E-state index contributed by atoms with van der Waals surface area (Å²) in [4.78, 5) is 9.30. The first-order valence-electron chi connectivity index (χ1n) is 9.12. The highest BCUT2D eigenvalue weighted by Gasteiger charge is 2.06. The van der Waals surface area contributed by atoms with Crippen molar-refractivity contribution < 1.29 is 4.74 Å². The summed E-state index contributed by atoms with van der Waals surface area (Å²) in [7, 11) is 2.03. The van der Waals surface area contributed by atoms with Crippen LogP contribution in [0.2, 0.25) is 0 Å². The van der Waals surface area contributed by atoms with Crippen LogP contribution in [0.1, 0.15) is 33.0 Å². The molecule has 1 heterocycles. The Kier molecular flexibility index (Phi) is 10.6. The number of imidazole rings is 1. The smallest absolute Gasteiger partial charge is 0.191 e. The second-order valence-electron chi connectivity index (χ2n) is 6.49. The molecule has 146 valence electrons. The number of halogens is 1. The summed E-state index contributed by atoms with van der Waals surface area (Å²) in [6.45, 7) is 10.1. The van der Waals surface area contributed by atoms with Gasteiger partial charge in [-0.1, -0.05) is 26.0 Å². The largest absolute Gasteiger partial charge is 0.380 e. The lowest BCUT2D eigenvalue weighted by Crippen LogP contribution is -2.39. The van der Waals surface area contributed by atoms with Crippen molar-refractivity contribution >= 4 is 41.0 Å². The van der Waals surface area contributed by atoms with Crippen molar-refractivity contribution in [1.29, 1.82) is 0 Å². The van der Waals surface area contributed by atoms with E-state index in [2.05, 4.69) is 52.0 Å². The molecule has 0 unspecified atom stereocenters. The Morgan fingerprint density at radius 2 is 2.00 bits per heavy atom. The van der Waals surface area contributed by atoms with Gasteiger partial charge in [-0.15, -0.1) is 24.0 Å². The molecule has 0 saturated carbocycles. The molecule has 2 N–H and O–H groups in total. The Morgan fingerprint density at radius 3 is 2.69 bits per heavy atom. The number of aryl methyl sites for hydroxylation is 1. The van der Waals surface area contributed by atoms with Crippen molar-refractivity contribution in [3.8, 4) is 0 Å². The zero-order valence-corrected chi connectivity index (χ0v) is 18.6. The molecular formula is C19H32IN5O. The first kappa shape index (κ1) is 22.7. The van der Waals surface area contributed by atoms with Crippen LogP contribution in [0.3, 0.4) is 0 Å². The number of para-hydroxylation sites is 2. The van der Waals surface area contributed by atoms with Crippen molar-refractivity contribution in [2.45, 2.75) is 33.7 Å². The number of fused-ring (bicyclic) bond motifs is 1. The second-order valence-corrected chi connectivity index (χ2v) is 6.49. The molecule has 2 aromatic rings. The van der Waals surface area contributed by atoms with E-state index in [1.807, 2.05) is 25.2 Å². The third kappa shape index (κ3) is 7.11. The highest BCUT2D eigenvalue weighted by Crippen LogP contribution is 2.14. The highest BCUT2D eigenvalue weighted by atomic mass is 127. The van der Waals surface area contributed by atoms with Gasteiger partial charge < -0.3 is 19.9 Å². The van der Waals surface area contributed by atoms with Crippen molar-refractivity contribution in [3.63, 3.8) is 0 Å². The predicted molar refractivity (Wildman–Crippen MR) is 119 cm³/mol. The number of hydrogen-bond donors (Lipinski definition) is 2. The molecular weight excluding hydrogens is 441 g/mol. The molecule has 0 fully saturated rings. The monoisotopic (exact) mass is 473 g/mol. The van der Waals surface area contributed by atoms with E-state index in [-0.39, 0.29) is 24.0 Å². The lowest BCUT2D eigenvalue weighted by Gasteiger charge is -2.12. The van der Waals surface area contributed by atoms with Gasteiger partial charge in [-0.25, -0.2) is 9.98 Å². The summed E-state index contributed by atoms with van der Waals surface area (Å²) < 4.78 is 7.73. The predicted octanol–water partition coefficient (Wildman–Crippen LogP) is 3.31. The quantitative estimate of drug-likeness (QED) is 0.254. The number of rotatable bonds is 9. The summed E-state index contributed by atoms with van der Waals surface area (Å²) >= 11 is 0. The van der Waals surface area contributed by atoms with Crippen molar-refractivity contribution in [2.24, 2.45) is 18.0 Å². The maximum absolute atomic E-state index is 5.63. The fourth-order valence-electron chi connectivity index (χ4n) is 2.49. The van der Waals surface area contributed by atoms with E-state index in [4.69, 9.17) is 4.74 Å². The van der Waals surface area contributed by atoms with Crippen molar-refractivity contribution in [2.75, 3.05) is 26.3 Å². The molecule has 1 aromatic carbocycles. The number of nitrogens with zero attached hydrogens (tertiary/aromatic N) is 3. The number of aromatic nitrogens is 2. The second kappa shape index (κ2) is 12.1. The molecule has 6 nitrogen and oxygen atoms in total. The Morgan fingerprint density at radius 1 is 1.23 bits per heavy atom. The lowest BCUT2D eigenvalue weighted by molar-refractivity contribution is 0.128. The molecule has 0 saturated heterocycles. The van der Waals surface area contributed by atoms with Gasteiger partial charge in [0.2, 0.25) is 0 Å². The molecule has 1 aromatic heterocycles. The minimum atomic E-state index is 0. The first-order chi connectivity index (χ1) is 12.1. The van der Waals surface area contributed by atoms with E-state index >= 15 is 0 Å². The van der Waals surface area contributed by atoms with Gasteiger partial charge in [0, 0.05) is 26.7 Å². The summed E-state index contributed by atoms with van der Waals surface area (Å²) in [5, 5.41) is 6.57. The summed E-state index contributed by atoms with van der Waals surface area (Å²) in [5.41, 5.74) is 2.14. The highest BCUT2D eigenvalue weighted by molar-refractivity contribution is 14.0. The van der Waals surface area contributed by atoms with Crippen LogP contribution < -0.4 is 10.6 Å². The van der Waals surface area contributed by atoms with Crippen LogP contribution in [0, 0.1) is 5.92 Å². The van der Waals surface area contributed by atoms with E-state index in [1.54, 1.807) is 0 Å². The maximum atomic E-state index is 5.63. The van der Waals surface area contributed by atoms with Crippen LogP contribution in [0.5, 0.6) is 0 Å². The average Bonchev–Trinajstić information content (AvgIpc) is 2.92. The SMILES string of the molecule is CCNC(=NCc1nc2ccccc2n1C)NCCOCCC(C)C.I. The number of nitrogens with one attached hydrogen (secondary N) is 2. The number of ether oxygens (including phenoxy) is 1. The molecule has 0 aliphatic rings. The van der Waals surface area contributed by atoms with Crippen molar-refractivity contribution in [3.05, 3.63) is 30.1 Å². The Bertz CT molecular complexity index is 684. The van der Waals surface area contributed by atoms with Gasteiger partial charge in [-0.3, -0.25) is 0 Å². The Hall–Kier alpha value is -1.35. The van der Waals surface area contributed by atoms with Gasteiger partial charge in [0.1, 0.15) is 12.4 Å². The van der Waals surface area contributed by atoms with Crippen LogP contribution in [0.25, 0.3) is 11.0 Å². The third-order valence-corrected chi connectivity index (χ3v) is 3.98. The van der Waals surface area contributed by atoms with Gasteiger partial charge in [-0.2, -0.15) is 0 Å². The maximum Gasteiger partial charge on any atom is 0.191 e. The Balaban J connectivity index is 0.00000338. The standard InChI is InChI=1S/C19H31N5O.HI/c1-5-20-19(21-11-13-25-12-10-15(2)3)22-14-18-23-16-8-6-7-9-17(16)24(18)4;/h6-9,15H,5,10-14H2,1-4H3,(H2,20,21,22);1H. The van der Waals surface area contributed by atoms with Crippen LogP contribution in [0.15, 0.2) is 29.3 Å². The number of hydrogen-bond acceptors (Lipinski definition) is 3. The molecule has 0 aliphatic heterocycles. The number of aliphatic imine (C=N–C) groups is 1. The minimum absolute atomic E-state index is 0. The van der Waals surface area contributed by atoms with E-state index in [1.165, 1.54) is 0 Å². The van der Waals surface area contributed by atoms with Gasteiger partial charge in [0.05, 0.1) is 17.6 Å². The fourth-order valence-corrected chi connectivity index (χ4v) is 2.49. The topological polar surface area (TPSA) is 63.5 Å². The van der Waals surface area contributed by atoms with Crippen LogP contribution in [-0.4, -0.2) is 41.8 Å². The summed E-state index contributed by atoms with van der Waals surface area (Å²) in [6.07, 6.45) is 1.10. The number of benzene rings is 1. The van der Waals surface area contributed by atoms with Gasteiger partial charge >= 0.3 is 0 Å². The van der Waals surface area contributed by atoms with Crippen LogP contribution in [0.4, 0.5) is 0 Å². The zero-order valence-electron chi connectivity index (χ0n) is 16.3. The normalized spacial score (nSPS) is 11.7. The fraction of sp³-hybridized carbons (Fsp3) is 0.579. The van der Waals surface area contributed by atoms with E-state index in [0.717, 1.165) is 48.9 Å². The van der Waals surface area contributed by atoms with Crippen molar-refractivity contribution in [1.82, 2.24) is 20.2 Å². The van der Waals surface area contributed by atoms with Gasteiger partial charge in [0.15, 0.2) is 5.96 Å². The zero-order chi connectivity index (χ0) is 18.1. The van der Waals surface area contributed by atoms with Crippen LogP contribution >= 0.6 is 24.0 Å². The van der Waals surface area contributed by atoms with E-state index < -0.39 is 0 Å². The molecule has 2 rings (SSSR count). The minimum Gasteiger partial charge on any atom is -0.380 e. The molecule has 0 atom stereocenters. The molecule has 0 aliphatic carbocycles. The average molecular weight is 473 g/mol. The van der Waals surface area contributed by atoms with Crippen LogP contribution in [-0.2, 0) is 18.3 Å². The summed E-state index contributed by atoms with van der Waals surface area (Å²) in [6, 6.07) is 8.14. The third-order valence-electron chi connectivity index (χ3n) is 3.98. The molecule has 26 heavy (non-hydrogen) atoms. The molecule has 0 radical (unpaired) electrons. The molecule has 0 amide bonds. The van der Waals surface area contributed by atoms with Gasteiger partial charge in [0.25, 0.3) is 0 Å². The van der Waals surface area contributed by atoms with E-state index in [0.29, 0.717) is 19.1 Å². The molecule has 7 heteroatoms. The molecule has 0 spiro atoms. The number of guanidine groups is 1. The summed E-state index contributed by atoms with van der Waals surface area (Å²) in [5.74, 6) is 2.42. The van der Waals surface area contributed by atoms with Gasteiger partial charge in [-0.05, 0) is 31.4 Å².